The molecular formula is C27H29N9O. The van der Waals surface area contributed by atoms with Crippen LogP contribution < -0.4 is 10.2 Å². The van der Waals surface area contributed by atoms with Crippen molar-refractivity contribution in [3.05, 3.63) is 48.9 Å². The lowest BCUT2D eigenvalue weighted by Crippen LogP contribution is -2.44. The summed E-state index contributed by atoms with van der Waals surface area (Å²) in [4.78, 5) is 34.2. The number of nitrogens with one attached hydrogen (secondary N) is 3. The number of carbonyl (C=O) groups is 1. The highest BCUT2D eigenvalue weighted by Gasteiger charge is 2.20. The number of nitrogens with zero attached hydrogens (tertiary/aromatic N) is 6. The van der Waals surface area contributed by atoms with E-state index < -0.39 is 0 Å². The van der Waals surface area contributed by atoms with Gasteiger partial charge in [-0.25, -0.2) is 4.98 Å². The van der Waals surface area contributed by atoms with E-state index in [4.69, 9.17) is 4.98 Å². The molecule has 1 aliphatic rings. The van der Waals surface area contributed by atoms with Crippen molar-refractivity contribution in [2.75, 3.05) is 43.4 Å². The zero-order valence-corrected chi connectivity index (χ0v) is 21.1. The molecule has 10 nitrogen and oxygen atoms in total. The Hall–Kier alpha value is -4.31. The number of aromatic nitrogens is 6. The fraction of sp³-hybridized carbons (Fsp3) is 0.296. The number of para-hydroxylation sites is 1. The van der Waals surface area contributed by atoms with E-state index in [9.17, 15) is 4.79 Å². The van der Waals surface area contributed by atoms with Gasteiger partial charge in [-0.05, 0) is 31.3 Å². The van der Waals surface area contributed by atoms with Gasteiger partial charge in [0.2, 0.25) is 5.91 Å². The lowest BCUT2D eigenvalue weighted by molar-refractivity contribution is -0.118. The summed E-state index contributed by atoms with van der Waals surface area (Å²) >= 11 is 0. The van der Waals surface area contributed by atoms with Gasteiger partial charge in [0, 0.05) is 49.2 Å². The summed E-state index contributed by atoms with van der Waals surface area (Å²) in [5.41, 5.74) is 6.79. The number of likely N-dealkylation sites (N-methyl/N-ethyl adjacent to an activating group) is 1. The minimum atomic E-state index is -0.118. The van der Waals surface area contributed by atoms with Crippen molar-refractivity contribution in [3.63, 3.8) is 0 Å². The molecule has 5 heterocycles. The number of hydrogen-bond acceptors (Lipinski definition) is 7. The summed E-state index contributed by atoms with van der Waals surface area (Å²) in [5, 5.41) is 11.5. The molecule has 1 aliphatic heterocycles. The molecule has 37 heavy (non-hydrogen) atoms. The van der Waals surface area contributed by atoms with Crippen LogP contribution in [0, 0.1) is 5.92 Å². The second kappa shape index (κ2) is 9.29. The van der Waals surface area contributed by atoms with Gasteiger partial charge in [0.1, 0.15) is 11.2 Å². The Kier molecular flexibility index (Phi) is 5.80. The number of aromatic amines is 2. The summed E-state index contributed by atoms with van der Waals surface area (Å²) in [6.07, 6.45) is 5.14. The number of amides is 1. The smallest absolute Gasteiger partial charge is 0.226 e. The number of carbonyl (C=O) groups excluding carboxylic acids is 1. The van der Waals surface area contributed by atoms with Crippen LogP contribution in [0.3, 0.4) is 0 Å². The quantitative estimate of drug-likeness (QED) is 0.338. The fourth-order valence-electron chi connectivity index (χ4n) is 4.62. The number of H-pyrrole nitrogens is 2. The van der Waals surface area contributed by atoms with Crippen molar-refractivity contribution in [1.82, 2.24) is 35.0 Å². The van der Waals surface area contributed by atoms with Gasteiger partial charge in [0.05, 0.1) is 40.5 Å². The van der Waals surface area contributed by atoms with Crippen molar-refractivity contribution < 1.29 is 4.79 Å². The minimum absolute atomic E-state index is 0.0553. The van der Waals surface area contributed by atoms with Crippen LogP contribution in [0.2, 0.25) is 0 Å². The monoisotopic (exact) mass is 495 g/mol. The lowest BCUT2D eigenvalue weighted by Gasteiger charge is -2.34. The Morgan fingerprint density at radius 1 is 1.05 bits per heavy atom. The Balaban J connectivity index is 1.36. The third kappa shape index (κ3) is 4.40. The first-order valence-corrected chi connectivity index (χ1v) is 12.5. The molecule has 0 bridgehead atoms. The Morgan fingerprint density at radius 2 is 1.89 bits per heavy atom. The van der Waals surface area contributed by atoms with E-state index in [0.29, 0.717) is 11.5 Å². The summed E-state index contributed by atoms with van der Waals surface area (Å²) in [5.74, 6) is 0.531. The Morgan fingerprint density at radius 3 is 2.70 bits per heavy atom. The van der Waals surface area contributed by atoms with Gasteiger partial charge in [-0.1, -0.05) is 19.9 Å². The van der Waals surface area contributed by atoms with Crippen LogP contribution in [0.4, 0.5) is 11.4 Å². The van der Waals surface area contributed by atoms with Gasteiger partial charge in [-0.15, -0.1) is 0 Å². The van der Waals surface area contributed by atoms with Crippen LogP contribution in [-0.4, -0.2) is 74.2 Å². The summed E-state index contributed by atoms with van der Waals surface area (Å²) in [6.45, 7) is 7.73. The molecule has 4 aromatic heterocycles. The standard InChI is InChI=1S/C27H29N9O/c1-16(2)27(37)30-18-11-17(13-28-14-18)21-12-19-22(15-29-21)33-34-24(19)26-31-20-5-4-6-23(25(20)32-26)36-9-7-35(3)8-10-36/h4-6,11-16H,7-10H2,1-3H3,(H,30,37)(H,31,32)(H,33,34). The highest BCUT2D eigenvalue weighted by atomic mass is 16.1. The molecule has 0 radical (unpaired) electrons. The number of fused-ring (bicyclic) bond motifs is 2. The van der Waals surface area contributed by atoms with Crippen molar-refractivity contribution in [3.8, 4) is 22.8 Å². The van der Waals surface area contributed by atoms with Crippen molar-refractivity contribution in [1.29, 1.82) is 0 Å². The number of pyridine rings is 2. The molecule has 6 rings (SSSR count). The molecule has 10 heteroatoms. The first-order valence-electron chi connectivity index (χ1n) is 12.5. The predicted molar refractivity (Wildman–Crippen MR) is 145 cm³/mol. The van der Waals surface area contributed by atoms with Gasteiger partial charge >= 0.3 is 0 Å². The van der Waals surface area contributed by atoms with Gasteiger partial charge in [-0.2, -0.15) is 5.10 Å². The molecule has 1 amide bonds. The number of piperazine rings is 1. The van der Waals surface area contributed by atoms with Gasteiger partial charge in [0.25, 0.3) is 0 Å². The van der Waals surface area contributed by atoms with Crippen molar-refractivity contribution in [2.24, 2.45) is 5.92 Å². The van der Waals surface area contributed by atoms with Crippen LogP contribution in [0.5, 0.6) is 0 Å². The maximum Gasteiger partial charge on any atom is 0.226 e. The number of imidazole rings is 1. The van der Waals surface area contributed by atoms with E-state index in [0.717, 1.165) is 70.8 Å². The molecule has 5 aromatic rings. The second-order valence-corrected chi connectivity index (χ2v) is 9.84. The molecular weight excluding hydrogens is 466 g/mol. The fourth-order valence-corrected chi connectivity index (χ4v) is 4.62. The zero-order valence-electron chi connectivity index (χ0n) is 21.1. The van der Waals surface area contributed by atoms with Crippen LogP contribution in [0.15, 0.2) is 48.9 Å². The average molecular weight is 496 g/mol. The molecule has 1 fully saturated rings. The van der Waals surface area contributed by atoms with E-state index in [1.165, 1.54) is 0 Å². The summed E-state index contributed by atoms with van der Waals surface area (Å²) in [7, 11) is 2.16. The van der Waals surface area contributed by atoms with Gasteiger partial charge in [-0.3, -0.25) is 19.9 Å². The number of anilines is 2. The van der Waals surface area contributed by atoms with E-state index in [1.807, 2.05) is 26.0 Å². The van der Waals surface area contributed by atoms with Crippen molar-refractivity contribution >= 4 is 39.2 Å². The Bertz CT molecular complexity index is 1590. The first kappa shape index (κ1) is 23.1. The third-order valence-corrected chi connectivity index (χ3v) is 6.83. The molecule has 0 unspecified atom stereocenters. The maximum atomic E-state index is 12.1. The number of benzene rings is 1. The first-order chi connectivity index (χ1) is 18.0. The van der Waals surface area contributed by atoms with Gasteiger partial charge < -0.3 is 20.1 Å². The molecule has 3 N–H and O–H groups in total. The lowest BCUT2D eigenvalue weighted by atomic mass is 10.1. The average Bonchev–Trinajstić information content (AvgIpc) is 3.53. The number of hydrogen-bond donors (Lipinski definition) is 3. The molecule has 0 aliphatic carbocycles. The van der Waals surface area contributed by atoms with E-state index >= 15 is 0 Å². The maximum absolute atomic E-state index is 12.1. The largest absolute Gasteiger partial charge is 0.367 e. The van der Waals surface area contributed by atoms with Crippen LogP contribution in [0.25, 0.3) is 44.7 Å². The normalized spacial score (nSPS) is 14.6. The topological polar surface area (TPSA) is 119 Å². The van der Waals surface area contributed by atoms with Crippen LogP contribution in [-0.2, 0) is 4.79 Å². The molecule has 188 valence electrons. The summed E-state index contributed by atoms with van der Waals surface area (Å²) < 4.78 is 0. The van der Waals surface area contributed by atoms with Crippen molar-refractivity contribution in [2.45, 2.75) is 13.8 Å². The Labute approximate surface area is 214 Å². The van der Waals surface area contributed by atoms with Crippen LogP contribution in [0.1, 0.15) is 13.8 Å². The predicted octanol–water partition coefficient (Wildman–Crippen LogP) is 3.91. The molecule has 0 spiro atoms. The molecule has 1 aromatic carbocycles. The third-order valence-electron chi connectivity index (χ3n) is 6.83. The highest BCUT2D eigenvalue weighted by molar-refractivity contribution is 5.97. The molecule has 0 atom stereocenters. The van der Waals surface area contributed by atoms with E-state index in [2.05, 4.69) is 65.5 Å². The van der Waals surface area contributed by atoms with E-state index in [1.54, 1.807) is 18.6 Å². The minimum Gasteiger partial charge on any atom is -0.367 e. The second-order valence-electron chi connectivity index (χ2n) is 9.84. The highest BCUT2D eigenvalue weighted by Crippen LogP contribution is 2.32. The van der Waals surface area contributed by atoms with E-state index in [-0.39, 0.29) is 11.8 Å². The van der Waals surface area contributed by atoms with Gasteiger partial charge in [0.15, 0.2) is 5.82 Å². The molecule has 0 saturated carbocycles. The molecule has 1 saturated heterocycles. The SMILES string of the molecule is CC(C)C(=O)Nc1cncc(-c2cc3c(-c4nc5c(N6CCN(C)CC6)cccc5[nH]4)n[nH]c3cn2)c1. The number of rotatable bonds is 5. The van der Waals surface area contributed by atoms with Crippen LogP contribution >= 0.6 is 0 Å². The zero-order chi connectivity index (χ0) is 25.5. The summed E-state index contributed by atoms with van der Waals surface area (Å²) in [6, 6.07) is 10.1.